The van der Waals surface area contributed by atoms with E-state index in [4.69, 9.17) is 4.74 Å². The number of anilines is 2. The van der Waals surface area contributed by atoms with Crippen LogP contribution in [0.1, 0.15) is 38.7 Å². The number of fused-ring (bicyclic) bond motifs is 1. The van der Waals surface area contributed by atoms with Crippen LogP contribution in [0.25, 0.3) is 0 Å². The molecule has 0 saturated heterocycles. The van der Waals surface area contributed by atoms with Crippen LogP contribution in [0.15, 0.2) is 42.5 Å². The third-order valence-corrected chi connectivity index (χ3v) is 5.19. The number of carboxylic acid groups (broad SMARTS) is 1. The van der Waals surface area contributed by atoms with Crippen LogP contribution in [0.3, 0.4) is 0 Å². The van der Waals surface area contributed by atoms with Gasteiger partial charge in [-0.1, -0.05) is 12.1 Å². The van der Waals surface area contributed by atoms with Crippen molar-refractivity contribution >= 4 is 17.5 Å². The van der Waals surface area contributed by atoms with Gasteiger partial charge in [-0.15, -0.1) is 0 Å². The summed E-state index contributed by atoms with van der Waals surface area (Å²) in [6, 6.07) is 12.3. The molecule has 150 valence electrons. The molecule has 0 saturated carbocycles. The minimum absolute atomic E-state index is 0.0765. The summed E-state index contributed by atoms with van der Waals surface area (Å²) >= 11 is 0. The Bertz CT molecular complexity index is 863. The van der Waals surface area contributed by atoms with Crippen LogP contribution in [0, 0.1) is 5.82 Å². The molecule has 0 bridgehead atoms. The number of amides is 1. The molecule has 6 heteroatoms. The van der Waals surface area contributed by atoms with Crippen LogP contribution in [-0.2, 0) is 0 Å². The smallest absolute Gasteiger partial charge is 0.407 e. The van der Waals surface area contributed by atoms with Crippen LogP contribution in [-0.4, -0.2) is 41.8 Å². The van der Waals surface area contributed by atoms with Crippen molar-refractivity contribution in [3.8, 4) is 5.75 Å². The van der Waals surface area contributed by atoms with E-state index in [2.05, 4.69) is 0 Å². The highest BCUT2D eigenvalue weighted by molar-refractivity contribution is 5.67. The Morgan fingerprint density at radius 1 is 1.21 bits per heavy atom. The Hall–Kier alpha value is -2.76. The van der Waals surface area contributed by atoms with Crippen LogP contribution >= 0.6 is 0 Å². The number of hydrogen-bond donors (Lipinski definition) is 1. The molecule has 3 rings (SSSR count). The minimum Gasteiger partial charge on any atom is -0.493 e. The summed E-state index contributed by atoms with van der Waals surface area (Å²) in [7, 11) is 1.88. The van der Waals surface area contributed by atoms with Gasteiger partial charge in [0.15, 0.2) is 0 Å². The fourth-order valence-electron chi connectivity index (χ4n) is 3.54. The summed E-state index contributed by atoms with van der Waals surface area (Å²) in [6.45, 7) is 6.67. The zero-order valence-electron chi connectivity index (χ0n) is 16.8. The summed E-state index contributed by atoms with van der Waals surface area (Å²) in [5, 5.41) is 9.61. The van der Waals surface area contributed by atoms with Gasteiger partial charge >= 0.3 is 6.09 Å². The standard InChI is InChI=1S/C22H27FN2O3/c1-22(2,3)25(21(26)27)14-15-10-11-28-20-13-18(8-9-19(15)20)24(4)17-7-5-6-16(23)12-17/h5-9,12-13,15H,10-11,14H2,1-4H3,(H,26,27)/t15-/m0/s1. The van der Waals surface area contributed by atoms with Gasteiger partial charge in [-0.2, -0.15) is 0 Å². The number of hydrogen-bond acceptors (Lipinski definition) is 3. The molecule has 0 radical (unpaired) electrons. The second kappa shape index (κ2) is 7.70. The van der Waals surface area contributed by atoms with E-state index < -0.39 is 11.6 Å². The van der Waals surface area contributed by atoms with Crippen molar-refractivity contribution < 1.29 is 19.0 Å². The predicted molar refractivity (Wildman–Crippen MR) is 108 cm³/mol. The number of benzene rings is 2. The molecule has 1 N–H and O–H groups in total. The van der Waals surface area contributed by atoms with Crippen LogP contribution in [0.4, 0.5) is 20.6 Å². The van der Waals surface area contributed by atoms with Crippen LogP contribution in [0.5, 0.6) is 5.75 Å². The number of nitrogens with zero attached hydrogens (tertiary/aromatic N) is 2. The third-order valence-electron chi connectivity index (χ3n) is 5.19. The second-order valence-corrected chi connectivity index (χ2v) is 8.16. The summed E-state index contributed by atoms with van der Waals surface area (Å²) < 4.78 is 19.4. The molecule has 1 heterocycles. The quantitative estimate of drug-likeness (QED) is 0.781. The van der Waals surface area contributed by atoms with Gasteiger partial charge in [0, 0.05) is 42.5 Å². The summed E-state index contributed by atoms with van der Waals surface area (Å²) in [5.74, 6) is 0.554. The Morgan fingerprint density at radius 2 is 1.93 bits per heavy atom. The summed E-state index contributed by atoms with van der Waals surface area (Å²) in [4.78, 5) is 15.1. The molecule has 1 atom stereocenters. The Balaban J connectivity index is 1.86. The van der Waals surface area contributed by atoms with Gasteiger partial charge in [0.2, 0.25) is 0 Å². The normalized spacial score (nSPS) is 16.1. The minimum atomic E-state index is -0.914. The van der Waals surface area contributed by atoms with Gasteiger partial charge in [0.25, 0.3) is 0 Å². The van der Waals surface area contributed by atoms with Crippen LogP contribution in [0.2, 0.25) is 0 Å². The third kappa shape index (κ3) is 4.21. The van der Waals surface area contributed by atoms with Crippen molar-refractivity contribution in [3.63, 3.8) is 0 Å². The van der Waals surface area contributed by atoms with E-state index in [1.165, 1.54) is 17.0 Å². The van der Waals surface area contributed by atoms with Gasteiger partial charge in [0.1, 0.15) is 11.6 Å². The second-order valence-electron chi connectivity index (χ2n) is 8.16. The van der Waals surface area contributed by atoms with Crippen molar-refractivity contribution in [2.45, 2.75) is 38.6 Å². The van der Waals surface area contributed by atoms with Crippen LogP contribution < -0.4 is 9.64 Å². The zero-order valence-corrected chi connectivity index (χ0v) is 16.8. The lowest BCUT2D eigenvalue weighted by Crippen LogP contribution is -2.47. The molecule has 1 aliphatic heterocycles. The average molecular weight is 386 g/mol. The molecule has 2 aromatic rings. The maximum absolute atomic E-state index is 13.5. The highest BCUT2D eigenvalue weighted by atomic mass is 19.1. The highest BCUT2D eigenvalue weighted by Gasteiger charge is 2.32. The molecular formula is C22H27FN2O3. The predicted octanol–water partition coefficient (Wildman–Crippen LogP) is 5.24. The number of ether oxygens (including phenoxy) is 1. The molecule has 0 fully saturated rings. The fourth-order valence-corrected chi connectivity index (χ4v) is 3.54. The molecular weight excluding hydrogens is 359 g/mol. The summed E-state index contributed by atoms with van der Waals surface area (Å²) in [6.07, 6.45) is -0.144. The van der Waals surface area contributed by atoms with E-state index >= 15 is 0 Å². The first-order chi connectivity index (χ1) is 13.2. The SMILES string of the molecule is CN(c1cccc(F)c1)c1ccc2c(c1)OCC[C@H]2CN(C(=O)O)C(C)(C)C. The van der Waals surface area contributed by atoms with Crippen molar-refractivity contribution in [1.29, 1.82) is 0 Å². The van der Waals surface area contributed by atoms with E-state index in [0.29, 0.717) is 13.2 Å². The molecule has 0 unspecified atom stereocenters. The maximum atomic E-state index is 13.5. The lowest BCUT2D eigenvalue weighted by molar-refractivity contribution is 0.0912. The van der Waals surface area contributed by atoms with E-state index in [1.807, 2.05) is 57.0 Å². The van der Waals surface area contributed by atoms with Crippen molar-refractivity contribution in [3.05, 3.63) is 53.8 Å². The Labute approximate surface area is 165 Å². The van der Waals surface area contributed by atoms with Gasteiger partial charge in [-0.3, -0.25) is 0 Å². The molecule has 0 spiro atoms. The number of rotatable bonds is 4. The van der Waals surface area contributed by atoms with E-state index in [1.54, 1.807) is 6.07 Å². The van der Waals surface area contributed by atoms with E-state index in [0.717, 1.165) is 29.1 Å². The van der Waals surface area contributed by atoms with Crippen molar-refractivity contribution in [2.24, 2.45) is 0 Å². The lowest BCUT2D eigenvalue weighted by atomic mass is 9.91. The number of halogens is 1. The van der Waals surface area contributed by atoms with Gasteiger partial charge < -0.3 is 19.6 Å². The molecule has 1 aliphatic rings. The molecule has 0 aromatic heterocycles. The van der Waals surface area contributed by atoms with E-state index in [-0.39, 0.29) is 11.7 Å². The topological polar surface area (TPSA) is 53.0 Å². The Morgan fingerprint density at radius 3 is 2.57 bits per heavy atom. The van der Waals surface area contributed by atoms with Gasteiger partial charge in [-0.25, -0.2) is 9.18 Å². The maximum Gasteiger partial charge on any atom is 0.407 e. The average Bonchev–Trinajstić information content (AvgIpc) is 2.63. The van der Waals surface area contributed by atoms with Crippen molar-refractivity contribution in [2.75, 3.05) is 25.1 Å². The molecule has 1 amide bonds. The molecule has 0 aliphatic carbocycles. The first-order valence-electron chi connectivity index (χ1n) is 9.43. The largest absolute Gasteiger partial charge is 0.493 e. The van der Waals surface area contributed by atoms with Gasteiger partial charge in [0.05, 0.1) is 6.61 Å². The van der Waals surface area contributed by atoms with E-state index in [9.17, 15) is 14.3 Å². The Kier molecular flexibility index (Phi) is 5.49. The molecule has 28 heavy (non-hydrogen) atoms. The van der Waals surface area contributed by atoms with Gasteiger partial charge in [-0.05, 0) is 57.0 Å². The number of carbonyl (C=O) groups is 1. The highest BCUT2D eigenvalue weighted by Crippen LogP contribution is 2.38. The molecule has 2 aromatic carbocycles. The molecule has 5 nitrogen and oxygen atoms in total. The van der Waals surface area contributed by atoms with Crippen molar-refractivity contribution in [1.82, 2.24) is 4.90 Å². The first-order valence-corrected chi connectivity index (χ1v) is 9.43. The first kappa shape index (κ1) is 20.0. The monoisotopic (exact) mass is 386 g/mol. The zero-order chi connectivity index (χ0) is 20.5. The lowest BCUT2D eigenvalue weighted by Gasteiger charge is -2.37. The summed E-state index contributed by atoms with van der Waals surface area (Å²) in [5.41, 5.74) is 2.17. The fraction of sp³-hybridized carbons (Fsp3) is 0.409.